The number of piperidine rings is 1. The van der Waals surface area contributed by atoms with Crippen molar-refractivity contribution in [3.8, 4) is 0 Å². The lowest BCUT2D eigenvalue weighted by atomic mass is 9.92. The van der Waals surface area contributed by atoms with Gasteiger partial charge in [-0.25, -0.2) is 0 Å². The molecule has 0 aromatic rings. The molecular formula is C14H26N2O3. The van der Waals surface area contributed by atoms with Crippen LogP contribution in [-0.4, -0.2) is 41.5 Å². The Morgan fingerprint density at radius 1 is 1.42 bits per heavy atom. The number of hydrogen-bond acceptors (Lipinski definition) is 3. The molecule has 1 fully saturated rings. The molecule has 0 bridgehead atoms. The number of likely N-dealkylation sites (tertiary alicyclic amines) is 1. The molecule has 1 unspecified atom stereocenters. The molecule has 5 nitrogen and oxygen atoms in total. The third-order valence-corrected chi connectivity index (χ3v) is 3.72. The number of nitrogens with zero attached hydrogens (tertiary/aromatic N) is 1. The molecule has 1 amide bonds. The molecule has 1 rings (SSSR count). The number of rotatable bonds is 6. The van der Waals surface area contributed by atoms with Crippen molar-refractivity contribution in [3.63, 3.8) is 0 Å². The van der Waals surface area contributed by atoms with E-state index in [1.165, 1.54) is 0 Å². The molecule has 1 saturated heterocycles. The van der Waals surface area contributed by atoms with E-state index in [1.807, 2.05) is 0 Å². The zero-order valence-corrected chi connectivity index (χ0v) is 12.0. The van der Waals surface area contributed by atoms with Crippen LogP contribution in [0.25, 0.3) is 0 Å². The average Bonchev–Trinajstić information content (AvgIpc) is 2.37. The van der Waals surface area contributed by atoms with Gasteiger partial charge in [0.25, 0.3) is 0 Å². The van der Waals surface area contributed by atoms with Crippen molar-refractivity contribution >= 4 is 11.9 Å². The molecule has 3 N–H and O–H groups in total. The van der Waals surface area contributed by atoms with Crippen molar-refractivity contribution in [2.24, 2.45) is 23.5 Å². The van der Waals surface area contributed by atoms with Gasteiger partial charge in [0.1, 0.15) is 0 Å². The largest absolute Gasteiger partial charge is 0.481 e. The van der Waals surface area contributed by atoms with E-state index in [0.717, 1.165) is 12.8 Å². The fraction of sp³-hybridized carbons (Fsp3) is 0.857. The van der Waals surface area contributed by atoms with E-state index in [2.05, 4.69) is 13.8 Å². The summed E-state index contributed by atoms with van der Waals surface area (Å²) in [5, 5.41) is 9.03. The van der Waals surface area contributed by atoms with E-state index >= 15 is 0 Å². The lowest BCUT2D eigenvalue weighted by molar-refractivity contribution is -0.145. The first-order valence-electron chi connectivity index (χ1n) is 7.14. The fourth-order valence-corrected chi connectivity index (χ4v) is 2.71. The molecule has 5 heteroatoms. The highest BCUT2D eigenvalue weighted by Gasteiger charge is 2.28. The molecule has 0 spiro atoms. The molecule has 1 aliphatic heterocycles. The van der Waals surface area contributed by atoms with Crippen LogP contribution in [0.5, 0.6) is 0 Å². The number of amides is 1. The number of nitrogens with two attached hydrogens (primary N) is 1. The van der Waals surface area contributed by atoms with Gasteiger partial charge in [0.15, 0.2) is 0 Å². The number of carboxylic acids is 1. The van der Waals surface area contributed by atoms with Crippen molar-refractivity contribution in [3.05, 3.63) is 0 Å². The van der Waals surface area contributed by atoms with Crippen LogP contribution in [0.4, 0.5) is 0 Å². The molecule has 0 saturated carbocycles. The van der Waals surface area contributed by atoms with Gasteiger partial charge in [0.2, 0.25) is 5.91 Å². The first-order chi connectivity index (χ1) is 8.93. The van der Waals surface area contributed by atoms with Gasteiger partial charge in [0.05, 0.1) is 5.92 Å². The molecule has 110 valence electrons. The minimum atomic E-state index is -0.796. The first-order valence-corrected chi connectivity index (χ1v) is 7.14. The first kappa shape index (κ1) is 16.0. The highest BCUT2D eigenvalue weighted by molar-refractivity contribution is 5.78. The second kappa shape index (κ2) is 7.48. The van der Waals surface area contributed by atoms with Crippen molar-refractivity contribution in [1.29, 1.82) is 0 Å². The van der Waals surface area contributed by atoms with Crippen LogP contribution < -0.4 is 5.73 Å². The van der Waals surface area contributed by atoms with Crippen LogP contribution in [0.15, 0.2) is 0 Å². The molecule has 0 aromatic carbocycles. The maximum Gasteiger partial charge on any atom is 0.308 e. The van der Waals surface area contributed by atoms with Crippen LogP contribution in [0, 0.1) is 17.8 Å². The van der Waals surface area contributed by atoms with E-state index in [-0.39, 0.29) is 11.8 Å². The van der Waals surface area contributed by atoms with E-state index in [0.29, 0.717) is 38.4 Å². The van der Waals surface area contributed by atoms with Crippen LogP contribution in [0.2, 0.25) is 0 Å². The van der Waals surface area contributed by atoms with Gasteiger partial charge in [-0.1, -0.05) is 13.8 Å². The van der Waals surface area contributed by atoms with Gasteiger partial charge in [-0.05, 0) is 37.6 Å². The molecule has 0 radical (unpaired) electrons. The predicted octanol–water partition coefficient (Wildman–Crippen LogP) is 1.32. The summed E-state index contributed by atoms with van der Waals surface area (Å²) in [6, 6.07) is 0. The number of aliphatic carboxylic acids is 1. The third-order valence-electron chi connectivity index (χ3n) is 3.72. The van der Waals surface area contributed by atoms with E-state index < -0.39 is 11.9 Å². The van der Waals surface area contributed by atoms with Gasteiger partial charge >= 0.3 is 5.97 Å². The monoisotopic (exact) mass is 270 g/mol. The highest BCUT2D eigenvalue weighted by Crippen LogP contribution is 2.20. The van der Waals surface area contributed by atoms with E-state index in [4.69, 9.17) is 10.8 Å². The summed E-state index contributed by atoms with van der Waals surface area (Å²) in [5.74, 6) is -0.414. The zero-order chi connectivity index (χ0) is 14.4. The van der Waals surface area contributed by atoms with E-state index in [1.54, 1.807) is 4.90 Å². The third kappa shape index (κ3) is 5.19. The highest BCUT2D eigenvalue weighted by atomic mass is 16.4. The number of carbonyl (C=O) groups excluding carboxylic acids is 1. The van der Waals surface area contributed by atoms with Crippen molar-refractivity contribution in [2.45, 2.75) is 39.5 Å². The SMILES string of the molecule is CC(C)CC(CN)CC(=O)N1CCC[C@H](C(=O)O)C1. The Morgan fingerprint density at radius 2 is 2.11 bits per heavy atom. The van der Waals surface area contributed by atoms with Gasteiger partial charge < -0.3 is 15.7 Å². The number of carboxylic acid groups (broad SMARTS) is 1. The Labute approximate surface area is 115 Å². The number of carbonyl (C=O) groups is 2. The maximum absolute atomic E-state index is 12.2. The van der Waals surface area contributed by atoms with Crippen LogP contribution in [0.1, 0.15) is 39.5 Å². The van der Waals surface area contributed by atoms with Crippen molar-refractivity contribution in [1.82, 2.24) is 4.90 Å². The van der Waals surface area contributed by atoms with Gasteiger partial charge in [0, 0.05) is 19.5 Å². The van der Waals surface area contributed by atoms with Crippen molar-refractivity contribution in [2.75, 3.05) is 19.6 Å². The summed E-state index contributed by atoms with van der Waals surface area (Å²) in [6.45, 7) is 5.79. The van der Waals surface area contributed by atoms with Crippen molar-refractivity contribution < 1.29 is 14.7 Å². The molecule has 0 aromatic heterocycles. The Bertz CT molecular complexity index is 318. The second-order valence-corrected chi connectivity index (χ2v) is 5.95. The number of hydrogen-bond donors (Lipinski definition) is 2. The smallest absolute Gasteiger partial charge is 0.308 e. The lowest BCUT2D eigenvalue weighted by Gasteiger charge is -2.32. The minimum absolute atomic E-state index is 0.0575. The Hall–Kier alpha value is -1.10. The zero-order valence-electron chi connectivity index (χ0n) is 12.0. The predicted molar refractivity (Wildman–Crippen MR) is 73.6 cm³/mol. The molecule has 1 heterocycles. The molecule has 1 aliphatic rings. The Balaban J connectivity index is 2.49. The molecular weight excluding hydrogens is 244 g/mol. The van der Waals surface area contributed by atoms with Crippen LogP contribution in [0.3, 0.4) is 0 Å². The lowest BCUT2D eigenvalue weighted by Crippen LogP contribution is -2.43. The Morgan fingerprint density at radius 3 is 2.63 bits per heavy atom. The van der Waals surface area contributed by atoms with E-state index in [9.17, 15) is 9.59 Å². The molecule has 0 aliphatic carbocycles. The summed E-state index contributed by atoms with van der Waals surface area (Å²) < 4.78 is 0. The van der Waals surface area contributed by atoms with Gasteiger partial charge in [-0.2, -0.15) is 0 Å². The topological polar surface area (TPSA) is 83.6 Å². The standard InChI is InChI=1S/C14H26N2O3/c1-10(2)6-11(8-15)7-13(17)16-5-3-4-12(9-16)14(18)19/h10-12H,3-9,15H2,1-2H3,(H,18,19)/t11?,12-/m0/s1. The van der Waals surface area contributed by atoms with Crippen LogP contribution in [-0.2, 0) is 9.59 Å². The minimum Gasteiger partial charge on any atom is -0.481 e. The fourth-order valence-electron chi connectivity index (χ4n) is 2.71. The normalized spacial score (nSPS) is 21.5. The van der Waals surface area contributed by atoms with Gasteiger partial charge in [-0.15, -0.1) is 0 Å². The maximum atomic E-state index is 12.2. The summed E-state index contributed by atoms with van der Waals surface area (Å²) >= 11 is 0. The molecule has 2 atom stereocenters. The summed E-state index contributed by atoms with van der Waals surface area (Å²) in [6.07, 6.45) is 2.84. The summed E-state index contributed by atoms with van der Waals surface area (Å²) in [4.78, 5) is 24.9. The van der Waals surface area contributed by atoms with Crippen LogP contribution >= 0.6 is 0 Å². The second-order valence-electron chi connectivity index (χ2n) is 5.95. The molecule has 19 heavy (non-hydrogen) atoms. The summed E-state index contributed by atoms with van der Waals surface area (Å²) in [7, 11) is 0. The Kier molecular flexibility index (Phi) is 6.28. The summed E-state index contributed by atoms with van der Waals surface area (Å²) in [5.41, 5.74) is 5.71. The van der Waals surface area contributed by atoms with Gasteiger partial charge in [-0.3, -0.25) is 9.59 Å². The quantitative estimate of drug-likeness (QED) is 0.762. The average molecular weight is 270 g/mol.